The third-order valence-electron chi connectivity index (χ3n) is 3.19. The van der Waals surface area contributed by atoms with E-state index in [1.54, 1.807) is 0 Å². The summed E-state index contributed by atoms with van der Waals surface area (Å²) in [5.41, 5.74) is 0. The van der Waals surface area contributed by atoms with Gasteiger partial charge in [-0.05, 0) is 44.6 Å². The molecular formula is C11H19N. The van der Waals surface area contributed by atoms with Crippen molar-refractivity contribution in [3.05, 3.63) is 12.2 Å². The Morgan fingerprint density at radius 2 is 2.08 bits per heavy atom. The van der Waals surface area contributed by atoms with Gasteiger partial charge in [-0.1, -0.05) is 18.6 Å². The molecule has 0 spiro atoms. The summed E-state index contributed by atoms with van der Waals surface area (Å²) in [6.07, 6.45) is 12.9. The molecule has 0 bridgehead atoms. The molecule has 2 aliphatic rings. The molecule has 1 saturated carbocycles. The third-order valence-corrected chi connectivity index (χ3v) is 3.19. The van der Waals surface area contributed by atoms with Gasteiger partial charge in [-0.15, -0.1) is 0 Å². The zero-order chi connectivity index (χ0) is 8.23. The summed E-state index contributed by atoms with van der Waals surface area (Å²) in [5.74, 6) is 1.01. The van der Waals surface area contributed by atoms with Crippen molar-refractivity contribution in [1.82, 2.24) is 5.32 Å². The van der Waals surface area contributed by atoms with Crippen molar-refractivity contribution >= 4 is 0 Å². The van der Waals surface area contributed by atoms with Gasteiger partial charge in [0.05, 0.1) is 0 Å². The second-order valence-corrected chi connectivity index (χ2v) is 4.19. The second-order valence-electron chi connectivity index (χ2n) is 4.19. The quantitative estimate of drug-likeness (QED) is 0.633. The van der Waals surface area contributed by atoms with Gasteiger partial charge in [0, 0.05) is 6.04 Å². The Bertz CT molecular complexity index is 158. The lowest BCUT2D eigenvalue weighted by atomic mass is 9.85. The minimum Gasteiger partial charge on any atom is -0.313 e. The van der Waals surface area contributed by atoms with Crippen LogP contribution in [0.5, 0.6) is 0 Å². The Labute approximate surface area is 75.2 Å². The smallest absolute Gasteiger partial charge is 0.0105 e. The standard InChI is InChI=1S/C11H19N/c1-2-7-11(8-3-1)12-9-10-5-4-6-10/h1-2,10-12H,3-9H2. The minimum atomic E-state index is 0.788. The number of hydrogen-bond acceptors (Lipinski definition) is 1. The fourth-order valence-corrected chi connectivity index (χ4v) is 2.01. The molecule has 0 amide bonds. The average molecular weight is 165 g/mol. The Morgan fingerprint density at radius 3 is 2.67 bits per heavy atom. The minimum absolute atomic E-state index is 0.788. The second kappa shape index (κ2) is 4.08. The fraction of sp³-hybridized carbons (Fsp3) is 0.818. The van der Waals surface area contributed by atoms with E-state index in [1.165, 1.54) is 45.1 Å². The molecule has 1 atom stereocenters. The molecular weight excluding hydrogens is 146 g/mol. The highest BCUT2D eigenvalue weighted by atomic mass is 14.9. The largest absolute Gasteiger partial charge is 0.313 e. The summed E-state index contributed by atoms with van der Waals surface area (Å²) in [6, 6.07) is 0.788. The van der Waals surface area contributed by atoms with Crippen LogP contribution in [0, 0.1) is 5.92 Å². The molecule has 2 rings (SSSR count). The molecule has 12 heavy (non-hydrogen) atoms. The Balaban J connectivity index is 1.62. The summed E-state index contributed by atoms with van der Waals surface area (Å²) in [4.78, 5) is 0. The van der Waals surface area contributed by atoms with E-state index in [0.717, 1.165) is 12.0 Å². The third kappa shape index (κ3) is 2.10. The van der Waals surface area contributed by atoms with Crippen LogP contribution < -0.4 is 5.32 Å². The van der Waals surface area contributed by atoms with E-state index in [4.69, 9.17) is 0 Å². The van der Waals surface area contributed by atoms with Gasteiger partial charge in [0.25, 0.3) is 0 Å². The van der Waals surface area contributed by atoms with Crippen LogP contribution in [0.15, 0.2) is 12.2 Å². The molecule has 0 heterocycles. The normalized spacial score (nSPS) is 30.2. The predicted molar refractivity (Wildman–Crippen MR) is 52.1 cm³/mol. The van der Waals surface area contributed by atoms with Crippen LogP contribution >= 0.6 is 0 Å². The molecule has 0 radical (unpaired) electrons. The maximum Gasteiger partial charge on any atom is 0.0105 e. The van der Waals surface area contributed by atoms with Gasteiger partial charge in [0.1, 0.15) is 0 Å². The first-order valence-electron chi connectivity index (χ1n) is 5.33. The maximum absolute atomic E-state index is 3.67. The lowest BCUT2D eigenvalue weighted by Gasteiger charge is -2.28. The highest BCUT2D eigenvalue weighted by Gasteiger charge is 2.18. The molecule has 0 saturated heterocycles. The van der Waals surface area contributed by atoms with Crippen molar-refractivity contribution in [3.63, 3.8) is 0 Å². The Hall–Kier alpha value is -0.300. The summed E-state index contributed by atoms with van der Waals surface area (Å²) < 4.78 is 0. The van der Waals surface area contributed by atoms with Gasteiger partial charge in [0.15, 0.2) is 0 Å². The van der Waals surface area contributed by atoms with Crippen molar-refractivity contribution < 1.29 is 0 Å². The molecule has 1 unspecified atom stereocenters. The van der Waals surface area contributed by atoms with Gasteiger partial charge >= 0.3 is 0 Å². The first-order chi connectivity index (χ1) is 5.95. The Morgan fingerprint density at radius 1 is 1.17 bits per heavy atom. The molecule has 0 aliphatic heterocycles. The van der Waals surface area contributed by atoms with Crippen LogP contribution in [0.1, 0.15) is 38.5 Å². The van der Waals surface area contributed by atoms with Crippen LogP contribution in [-0.2, 0) is 0 Å². The van der Waals surface area contributed by atoms with E-state index in [0.29, 0.717) is 0 Å². The monoisotopic (exact) mass is 165 g/mol. The first-order valence-corrected chi connectivity index (χ1v) is 5.33. The zero-order valence-electron chi connectivity index (χ0n) is 7.76. The van der Waals surface area contributed by atoms with E-state index < -0.39 is 0 Å². The number of allylic oxidation sites excluding steroid dienone is 1. The van der Waals surface area contributed by atoms with E-state index >= 15 is 0 Å². The van der Waals surface area contributed by atoms with Gasteiger partial charge in [-0.25, -0.2) is 0 Å². The lowest BCUT2D eigenvalue weighted by Crippen LogP contribution is -2.35. The summed E-state index contributed by atoms with van der Waals surface area (Å²) in [6.45, 7) is 1.28. The van der Waals surface area contributed by atoms with Crippen molar-refractivity contribution in [2.75, 3.05) is 6.54 Å². The lowest BCUT2D eigenvalue weighted by molar-refractivity contribution is 0.284. The van der Waals surface area contributed by atoms with Crippen LogP contribution in [0.2, 0.25) is 0 Å². The molecule has 68 valence electrons. The predicted octanol–water partition coefficient (Wildman–Crippen LogP) is 2.48. The van der Waals surface area contributed by atoms with Crippen LogP contribution in [0.4, 0.5) is 0 Å². The molecule has 0 aromatic rings. The zero-order valence-corrected chi connectivity index (χ0v) is 7.76. The van der Waals surface area contributed by atoms with Crippen LogP contribution in [0.3, 0.4) is 0 Å². The summed E-state index contributed by atoms with van der Waals surface area (Å²) in [5, 5.41) is 3.67. The van der Waals surface area contributed by atoms with Crippen molar-refractivity contribution in [2.24, 2.45) is 5.92 Å². The molecule has 0 aromatic heterocycles. The highest BCUT2D eigenvalue weighted by molar-refractivity contribution is 4.93. The number of nitrogens with one attached hydrogen (secondary N) is 1. The molecule has 1 N–H and O–H groups in total. The van der Waals surface area contributed by atoms with E-state index in [-0.39, 0.29) is 0 Å². The van der Waals surface area contributed by atoms with Crippen molar-refractivity contribution in [2.45, 2.75) is 44.6 Å². The van der Waals surface area contributed by atoms with Gasteiger partial charge < -0.3 is 5.32 Å². The Kier molecular flexibility index (Phi) is 2.83. The van der Waals surface area contributed by atoms with E-state index in [9.17, 15) is 0 Å². The maximum atomic E-state index is 3.67. The molecule has 1 heteroatoms. The topological polar surface area (TPSA) is 12.0 Å². The van der Waals surface area contributed by atoms with E-state index in [2.05, 4.69) is 17.5 Å². The molecule has 2 aliphatic carbocycles. The molecule has 1 nitrogen and oxygen atoms in total. The highest BCUT2D eigenvalue weighted by Crippen LogP contribution is 2.25. The van der Waals surface area contributed by atoms with Crippen molar-refractivity contribution in [3.8, 4) is 0 Å². The van der Waals surface area contributed by atoms with Crippen LogP contribution in [-0.4, -0.2) is 12.6 Å². The van der Waals surface area contributed by atoms with Gasteiger partial charge in [-0.3, -0.25) is 0 Å². The first kappa shape index (κ1) is 8.31. The van der Waals surface area contributed by atoms with E-state index in [1.807, 2.05) is 0 Å². The number of hydrogen-bond donors (Lipinski definition) is 1. The van der Waals surface area contributed by atoms with Gasteiger partial charge in [-0.2, -0.15) is 0 Å². The summed E-state index contributed by atoms with van der Waals surface area (Å²) >= 11 is 0. The summed E-state index contributed by atoms with van der Waals surface area (Å²) in [7, 11) is 0. The van der Waals surface area contributed by atoms with Crippen LogP contribution in [0.25, 0.3) is 0 Å². The molecule has 0 aromatic carbocycles. The number of rotatable bonds is 3. The van der Waals surface area contributed by atoms with Gasteiger partial charge in [0.2, 0.25) is 0 Å². The average Bonchev–Trinajstić information content (AvgIpc) is 2.04. The molecule has 1 fully saturated rings. The fourth-order valence-electron chi connectivity index (χ4n) is 2.01. The van der Waals surface area contributed by atoms with Crippen molar-refractivity contribution in [1.29, 1.82) is 0 Å². The SMILES string of the molecule is C1=CCC(NCC2CCC2)CC1.